The van der Waals surface area contributed by atoms with E-state index < -0.39 is 0 Å². The first-order valence-corrected chi connectivity index (χ1v) is 5.27. The van der Waals surface area contributed by atoms with Crippen LogP contribution in [0.25, 0.3) is 0 Å². The number of rotatable bonds is 7. The molecule has 0 bridgehead atoms. The van der Waals surface area contributed by atoms with Crippen LogP contribution in [0.5, 0.6) is 0 Å². The van der Waals surface area contributed by atoms with Crippen LogP contribution in [-0.4, -0.2) is 30.5 Å². The molecule has 0 spiro atoms. The highest BCUT2D eigenvalue weighted by molar-refractivity contribution is 4.89. The number of ether oxygens (including phenoxy) is 1. The molecule has 0 radical (unpaired) electrons. The summed E-state index contributed by atoms with van der Waals surface area (Å²) in [7, 11) is 0. The minimum absolute atomic E-state index is 0.0434. The van der Waals surface area contributed by atoms with Gasteiger partial charge in [0.2, 0.25) is 0 Å². The fraction of sp³-hybridized carbons (Fsp3) is 1.00. The van der Waals surface area contributed by atoms with E-state index in [9.17, 15) is 0 Å². The molecule has 3 N–H and O–H groups in total. The molecule has 1 rings (SSSR count). The minimum atomic E-state index is -0.140. The minimum Gasteiger partial charge on any atom is -0.394 e. The van der Waals surface area contributed by atoms with Crippen LogP contribution in [0.1, 0.15) is 32.6 Å². The van der Waals surface area contributed by atoms with Gasteiger partial charge in [-0.3, -0.25) is 0 Å². The number of aliphatic hydroxyl groups excluding tert-OH is 1. The molecule has 2 atom stereocenters. The van der Waals surface area contributed by atoms with Gasteiger partial charge in [-0.25, -0.2) is 0 Å². The van der Waals surface area contributed by atoms with Crippen LogP contribution in [0, 0.1) is 5.92 Å². The van der Waals surface area contributed by atoms with Crippen molar-refractivity contribution in [3.8, 4) is 0 Å². The second kappa shape index (κ2) is 5.58. The third-order valence-electron chi connectivity index (χ3n) is 2.61. The Morgan fingerprint density at radius 2 is 2.23 bits per heavy atom. The molecule has 1 aliphatic carbocycles. The van der Waals surface area contributed by atoms with Crippen molar-refractivity contribution in [3.05, 3.63) is 0 Å². The van der Waals surface area contributed by atoms with Crippen molar-refractivity contribution in [1.29, 1.82) is 0 Å². The molecule has 0 heterocycles. The predicted molar refractivity (Wildman–Crippen MR) is 52.4 cm³/mol. The third kappa shape index (κ3) is 3.63. The van der Waals surface area contributed by atoms with Crippen molar-refractivity contribution < 1.29 is 9.84 Å². The van der Waals surface area contributed by atoms with Crippen molar-refractivity contribution in [2.75, 3.05) is 13.2 Å². The fourth-order valence-electron chi connectivity index (χ4n) is 1.45. The first-order chi connectivity index (χ1) is 6.29. The van der Waals surface area contributed by atoms with E-state index in [1.807, 2.05) is 0 Å². The van der Waals surface area contributed by atoms with Crippen LogP contribution >= 0.6 is 0 Å². The zero-order valence-electron chi connectivity index (χ0n) is 8.41. The Hall–Kier alpha value is -0.120. The average Bonchev–Trinajstić information content (AvgIpc) is 2.94. The molecule has 3 nitrogen and oxygen atoms in total. The molecule has 13 heavy (non-hydrogen) atoms. The molecular formula is C10H21NO2. The van der Waals surface area contributed by atoms with Crippen LogP contribution in [-0.2, 0) is 4.74 Å². The van der Waals surface area contributed by atoms with Crippen molar-refractivity contribution in [1.82, 2.24) is 0 Å². The molecule has 78 valence electrons. The lowest BCUT2D eigenvalue weighted by atomic mass is 10.1. The summed E-state index contributed by atoms with van der Waals surface area (Å²) in [4.78, 5) is 0. The van der Waals surface area contributed by atoms with Crippen LogP contribution in [0.15, 0.2) is 0 Å². The summed E-state index contributed by atoms with van der Waals surface area (Å²) in [6.45, 7) is 2.90. The van der Waals surface area contributed by atoms with E-state index in [-0.39, 0.29) is 18.8 Å². The highest BCUT2D eigenvalue weighted by Crippen LogP contribution is 2.33. The highest BCUT2D eigenvalue weighted by atomic mass is 16.5. The summed E-state index contributed by atoms with van der Waals surface area (Å²) in [6, 6.07) is 0.0434. The third-order valence-corrected chi connectivity index (χ3v) is 2.61. The Kier molecular flexibility index (Phi) is 4.70. The number of unbranched alkanes of at least 4 members (excludes halogenated alkanes) is 1. The van der Waals surface area contributed by atoms with E-state index in [0.29, 0.717) is 5.92 Å². The lowest BCUT2D eigenvalue weighted by molar-refractivity contribution is -0.00754. The Bertz CT molecular complexity index is 137. The second-order valence-electron chi connectivity index (χ2n) is 3.86. The van der Waals surface area contributed by atoms with Crippen molar-refractivity contribution in [3.63, 3.8) is 0 Å². The quantitative estimate of drug-likeness (QED) is 0.582. The molecular weight excluding hydrogens is 166 g/mol. The van der Waals surface area contributed by atoms with E-state index in [4.69, 9.17) is 15.6 Å². The van der Waals surface area contributed by atoms with E-state index in [2.05, 4.69) is 6.92 Å². The molecule has 0 aromatic heterocycles. The normalized spacial score (nSPS) is 21.5. The first kappa shape index (κ1) is 11.0. The van der Waals surface area contributed by atoms with Gasteiger partial charge in [-0.15, -0.1) is 0 Å². The number of hydrogen-bond acceptors (Lipinski definition) is 3. The second-order valence-corrected chi connectivity index (χ2v) is 3.86. The van der Waals surface area contributed by atoms with Crippen molar-refractivity contribution in [2.45, 2.75) is 44.8 Å². The number of nitrogens with two attached hydrogens (primary N) is 1. The van der Waals surface area contributed by atoms with Crippen LogP contribution < -0.4 is 5.73 Å². The summed E-state index contributed by atoms with van der Waals surface area (Å²) >= 11 is 0. The summed E-state index contributed by atoms with van der Waals surface area (Å²) in [6.07, 6.45) is 4.44. The molecule has 0 amide bonds. The zero-order valence-corrected chi connectivity index (χ0v) is 8.41. The summed E-state index contributed by atoms with van der Waals surface area (Å²) < 4.78 is 5.52. The number of aliphatic hydroxyl groups is 1. The maximum Gasteiger partial charge on any atom is 0.0958 e. The maximum atomic E-state index is 9.07. The monoisotopic (exact) mass is 187 g/mol. The van der Waals surface area contributed by atoms with Gasteiger partial charge in [-0.1, -0.05) is 13.3 Å². The molecule has 0 aromatic carbocycles. The average molecular weight is 187 g/mol. The predicted octanol–water partition coefficient (Wildman–Crippen LogP) is 0.901. The molecule has 1 fully saturated rings. The Labute approximate surface area is 80.3 Å². The molecule has 2 unspecified atom stereocenters. The largest absolute Gasteiger partial charge is 0.394 e. The van der Waals surface area contributed by atoms with Gasteiger partial charge in [0, 0.05) is 12.6 Å². The lowest BCUT2D eigenvalue weighted by Gasteiger charge is -2.21. The molecule has 1 saturated carbocycles. The van der Waals surface area contributed by atoms with Gasteiger partial charge in [-0.2, -0.15) is 0 Å². The summed E-state index contributed by atoms with van der Waals surface area (Å²) in [5.41, 5.74) is 5.93. The van der Waals surface area contributed by atoms with Crippen LogP contribution in [0.2, 0.25) is 0 Å². The highest BCUT2D eigenvalue weighted by Gasteiger charge is 2.33. The smallest absolute Gasteiger partial charge is 0.0958 e. The Morgan fingerprint density at radius 3 is 2.69 bits per heavy atom. The van der Waals surface area contributed by atoms with Gasteiger partial charge in [0.05, 0.1) is 12.7 Å². The summed E-state index contributed by atoms with van der Waals surface area (Å²) in [5.74, 6) is 0.596. The van der Waals surface area contributed by atoms with E-state index >= 15 is 0 Å². The van der Waals surface area contributed by atoms with E-state index in [0.717, 1.165) is 19.4 Å². The molecule has 0 saturated heterocycles. The van der Waals surface area contributed by atoms with Crippen LogP contribution in [0.3, 0.4) is 0 Å². The van der Waals surface area contributed by atoms with Gasteiger partial charge in [-0.05, 0) is 25.2 Å². The molecule has 3 heteroatoms. The molecule has 0 aromatic rings. The standard InChI is InChI=1S/C10H21NO2/c1-2-3-6-13-9(7-12)10(11)8-4-5-8/h8-10,12H,2-7,11H2,1H3. The Balaban J connectivity index is 2.16. The van der Waals surface area contributed by atoms with E-state index in [1.54, 1.807) is 0 Å². The fourth-order valence-corrected chi connectivity index (χ4v) is 1.45. The van der Waals surface area contributed by atoms with E-state index in [1.165, 1.54) is 12.8 Å². The molecule has 1 aliphatic rings. The SMILES string of the molecule is CCCCOC(CO)C(N)C1CC1. The maximum absolute atomic E-state index is 9.07. The van der Waals surface area contributed by atoms with Gasteiger partial charge < -0.3 is 15.6 Å². The molecule has 0 aliphatic heterocycles. The van der Waals surface area contributed by atoms with Gasteiger partial charge in [0.1, 0.15) is 0 Å². The van der Waals surface area contributed by atoms with Gasteiger partial charge >= 0.3 is 0 Å². The topological polar surface area (TPSA) is 55.5 Å². The van der Waals surface area contributed by atoms with Crippen molar-refractivity contribution >= 4 is 0 Å². The summed E-state index contributed by atoms with van der Waals surface area (Å²) in [5, 5.41) is 9.07. The first-order valence-electron chi connectivity index (χ1n) is 5.27. The van der Waals surface area contributed by atoms with Crippen molar-refractivity contribution in [2.24, 2.45) is 11.7 Å². The Morgan fingerprint density at radius 1 is 1.54 bits per heavy atom. The van der Waals surface area contributed by atoms with Gasteiger partial charge in [0.15, 0.2) is 0 Å². The number of hydrogen-bond donors (Lipinski definition) is 2. The van der Waals surface area contributed by atoms with Crippen LogP contribution in [0.4, 0.5) is 0 Å². The lowest BCUT2D eigenvalue weighted by Crippen LogP contribution is -2.41. The van der Waals surface area contributed by atoms with Gasteiger partial charge in [0.25, 0.3) is 0 Å². The zero-order chi connectivity index (χ0) is 9.68.